The molecule has 0 atom stereocenters. The van der Waals surface area contributed by atoms with Crippen LogP contribution < -0.4 is 5.32 Å². The van der Waals surface area contributed by atoms with Crippen molar-refractivity contribution < 1.29 is 0 Å². The number of aryl methyl sites for hydroxylation is 1. The third-order valence-electron chi connectivity index (χ3n) is 2.40. The van der Waals surface area contributed by atoms with Crippen LogP contribution >= 0.6 is 11.6 Å². The maximum Gasteiger partial charge on any atom is 0.134 e. The summed E-state index contributed by atoms with van der Waals surface area (Å²) in [6.07, 6.45) is 0. The molecule has 0 fully saturated rings. The molecular formula is C11H14ClN3. The van der Waals surface area contributed by atoms with Crippen molar-refractivity contribution in [1.29, 1.82) is 0 Å². The second-order valence-electron chi connectivity index (χ2n) is 3.64. The zero-order valence-corrected chi connectivity index (χ0v) is 9.67. The molecule has 0 bridgehead atoms. The highest BCUT2D eigenvalue weighted by Crippen LogP contribution is 2.23. The van der Waals surface area contributed by atoms with Gasteiger partial charge in [-0.3, -0.25) is 4.68 Å². The van der Waals surface area contributed by atoms with Crippen LogP contribution in [0.2, 0.25) is 5.15 Å². The first kappa shape index (κ1) is 10.5. The number of likely N-dealkylation sites (N-methyl/N-ethyl adjacent to an activating group) is 1. The summed E-state index contributed by atoms with van der Waals surface area (Å²) in [5.41, 5.74) is 2.17. The Morgan fingerprint density at radius 3 is 3.00 bits per heavy atom. The summed E-state index contributed by atoms with van der Waals surface area (Å²) in [4.78, 5) is 0. The van der Waals surface area contributed by atoms with Crippen LogP contribution in [0, 0.1) is 6.92 Å². The van der Waals surface area contributed by atoms with Crippen LogP contribution in [0.4, 0.5) is 0 Å². The molecule has 4 heteroatoms. The summed E-state index contributed by atoms with van der Waals surface area (Å²) in [5.74, 6) is 0. The van der Waals surface area contributed by atoms with Gasteiger partial charge in [0.05, 0.1) is 12.1 Å². The Kier molecular flexibility index (Phi) is 2.93. The van der Waals surface area contributed by atoms with Gasteiger partial charge in [0.15, 0.2) is 0 Å². The van der Waals surface area contributed by atoms with Gasteiger partial charge in [-0.2, -0.15) is 5.10 Å². The molecule has 1 aromatic carbocycles. The Hall–Kier alpha value is -1.06. The second kappa shape index (κ2) is 4.21. The average Bonchev–Trinajstić information content (AvgIpc) is 2.52. The van der Waals surface area contributed by atoms with Crippen LogP contribution in [0.15, 0.2) is 18.2 Å². The van der Waals surface area contributed by atoms with E-state index in [1.807, 2.05) is 17.8 Å². The third kappa shape index (κ3) is 1.98. The zero-order chi connectivity index (χ0) is 10.8. The Balaban J connectivity index is 2.44. The van der Waals surface area contributed by atoms with Gasteiger partial charge in [-0.25, -0.2) is 0 Å². The molecule has 0 radical (unpaired) electrons. The number of benzene rings is 1. The predicted octanol–water partition coefficient (Wildman–Crippen LogP) is 2.22. The highest BCUT2D eigenvalue weighted by molar-refractivity contribution is 6.34. The van der Waals surface area contributed by atoms with Crippen LogP contribution in [-0.4, -0.2) is 23.4 Å². The number of hydrogen-bond acceptors (Lipinski definition) is 2. The smallest absolute Gasteiger partial charge is 0.134 e. The van der Waals surface area contributed by atoms with E-state index in [4.69, 9.17) is 11.6 Å². The van der Waals surface area contributed by atoms with E-state index in [-0.39, 0.29) is 0 Å². The van der Waals surface area contributed by atoms with E-state index in [0.717, 1.165) is 29.1 Å². The molecule has 0 aliphatic rings. The number of aromatic nitrogens is 2. The van der Waals surface area contributed by atoms with Gasteiger partial charge in [0, 0.05) is 11.9 Å². The van der Waals surface area contributed by atoms with Crippen LogP contribution in [0.5, 0.6) is 0 Å². The summed E-state index contributed by atoms with van der Waals surface area (Å²) < 4.78 is 1.84. The van der Waals surface area contributed by atoms with Gasteiger partial charge in [0.1, 0.15) is 5.15 Å². The van der Waals surface area contributed by atoms with Crippen molar-refractivity contribution in [3.05, 3.63) is 28.9 Å². The van der Waals surface area contributed by atoms with E-state index in [1.54, 1.807) is 0 Å². The lowest BCUT2D eigenvalue weighted by Gasteiger charge is -2.00. The number of nitrogens with one attached hydrogen (secondary N) is 1. The average molecular weight is 224 g/mol. The fourth-order valence-corrected chi connectivity index (χ4v) is 1.86. The summed E-state index contributed by atoms with van der Waals surface area (Å²) in [5, 5.41) is 9.28. The Morgan fingerprint density at radius 1 is 1.47 bits per heavy atom. The van der Waals surface area contributed by atoms with E-state index in [0.29, 0.717) is 0 Å². The van der Waals surface area contributed by atoms with E-state index in [9.17, 15) is 0 Å². The molecule has 1 aromatic heterocycles. The second-order valence-corrected chi connectivity index (χ2v) is 4.00. The zero-order valence-electron chi connectivity index (χ0n) is 8.92. The first-order valence-corrected chi connectivity index (χ1v) is 5.37. The quantitative estimate of drug-likeness (QED) is 0.865. The molecule has 0 saturated heterocycles. The number of halogens is 1. The number of fused-ring (bicyclic) bond motifs is 1. The number of hydrogen-bond donors (Lipinski definition) is 1. The summed E-state index contributed by atoms with van der Waals surface area (Å²) in [6, 6.07) is 6.13. The maximum absolute atomic E-state index is 6.22. The topological polar surface area (TPSA) is 29.9 Å². The minimum Gasteiger partial charge on any atom is -0.318 e. The standard InChI is InChI=1S/C11H14ClN3/c1-8-3-4-9-10(7-8)14-15(11(9)12)6-5-13-2/h3-4,7,13H,5-6H2,1-2H3. The lowest BCUT2D eigenvalue weighted by Crippen LogP contribution is -2.15. The van der Waals surface area contributed by atoms with E-state index in [1.165, 1.54) is 5.56 Å². The van der Waals surface area contributed by atoms with Gasteiger partial charge in [0.25, 0.3) is 0 Å². The van der Waals surface area contributed by atoms with Gasteiger partial charge in [0.2, 0.25) is 0 Å². The molecule has 0 aliphatic heterocycles. The van der Waals surface area contributed by atoms with Crippen molar-refractivity contribution >= 4 is 22.5 Å². The molecule has 0 aliphatic carbocycles. The molecule has 1 N–H and O–H groups in total. The van der Waals surface area contributed by atoms with E-state index in [2.05, 4.69) is 29.5 Å². The SMILES string of the molecule is CNCCn1nc2cc(C)ccc2c1Cl. The number of rotatable bonds is 3. The van der Waals surface area contributed by atoms with Crippen molar-refractivity contribution in [1.82, 2.24) is 15.1 Å². The fourth-order valence-electron chi connectivity index (χ4n) is 1.58. The molecule has 0 saturated carbocycles. The maximum atomic E-state index is 6.22. The van der Waals surface area contributed by atoms with Crippen molar-refractivity contribution in [2.24, 2.45) is 0 Å². The normalized spacial score (nSPS) is 11.1. The Labute approximate surface area is 94.0 Å². The van der Waals surface area contributed by atoms with Gasteiger partial charge in [-0.1, -0.05) is 17.7 Å². The molecular weight excluding hydrogens is 210 g/mol. The highest BCUT2D eigenvalue weighted by Gasteiger charge is 2.07. The monoisotopic (exact) mass is 223 g/mol. The lowest BCUT2D eigenvalue weighted by molar-refractivity contribution is 0.590. The van der Waals surface area contributed by atoms with Gasteiger partial charge in [-0.15, -0.1) is 0 Å². The molecule has 0 spiro atoms. The van der Waals surface area contributed by atoms with Crippen LogP contribution in [-0.2, 0) is 6.54 Å². The lowest BCUT2D eigenvalue weighted by atomic mass is 10.2. The van der Waals surface area contributed by atoms with Crippen LogP contribution in [0.3, 0.4) is 0 Å². The first-order chi connectivity index (χ1) is 7.22. The first-order valence-electron chi connectivity index (χ1n) is 4.99. The molecule has 3 nitrogen and oxygen atoms in total. The minimum atomic E-state index is 0.722. The Bertz CT molecular complexity index is 476. The summed E-state index contributed by atoms with van der Waals surface area (Å²) in [6.45, 7) is 3.72. The van der Waals surface area contributed by atoms with Crippen molar-refractivity contribution in [3.63, 3.8) is 0 Å². The van der Waals surface area contributed by atoms with Crippen molar-refractivity contribution in [3.8, 4) is 0 Å². The summed E-state index contributed by atoms with van der Waals surface area (Å²) >= 11 is 6.22. The van der Waals surface area contributed by atoms with Crippen LogP contribution in [0.25, 0.3) is 10.9 Å². The van der Waals surface area contributed by atoms with Crippen molar-refractivity contribution in [2.45, 2.75) is 13.5 Å². The van der Waals surface area contributed by atoms with Gasteiger partial charge < -0.3 is 5.32 Å². The van der Waals surface area contributed by atoms with Crippen molar-refractivity contribution in [2.75, 3.05) is 13.6 Å². The molecule has 0 amide bonds. The largest absolute Gasteiger partial charge is 0.318 e. The van der Waals surface area contributed by atoms with E-state index < -0.39 is 0 Å². The molecule has 80 valence electrons. The molecule has 15 heavy (non-hydrogen) atoms. The highest BCUT2D eigenvalue weighted by atomic mass is 35.5. The molecule has 0 unspecified atom stereocenters. The van der Waals surface area contributed by atoms with Gasteiger partial charge >= 0.3 is 0 Å². The molecule has 1 heterocycles. The minimum absolute atomic E-state index is 0.722. The number of nitrogens with zero attached hydrogens (tertiary/aromatic N) is 2. The van der Waals surface area contributed by atoms with Gasteiger partial charge in [-0.05, 0) is 31.7 Å². The predicted molar refractivity (Wildman–Crippen MR) is 63.4 cm³/mol. The molecule has 2 rings (SSSR count). The molecule has 2 aromatic rings. The van der Waals surface area contributed by atoms with Crippen LogP contribution in [0.1, 0.15) is 5.56 Å². The third-order valence-corrected chi connectivity index (χ3v) is 2.80. The fraction of sp³-hybridized carbons (Fsp3) is 0.364. The Morgan fingerprint density at radius 2 is 2.27 bits per heavy atom. The summed E-state index contributed by atoms with van der Waals surface area (Å²) in [7, 11) is 1.92. The van der Waals surface area contributed by atoms with E-state index >= 15 is 0 Å².